The molecule has 0 amide bonds. The zero-order valence-corrected chi connectivity index (χ0v) is 27.6. The van der Waals surface area contributed by atoms with E-state index in [1.807, 2.05) is 0 Å². The molecule has 0 atom stereocenters. The first kappa shape index (κ1) is 41.6. The number of hydrogen-bond acceptors (Lipinski definition) is 2. The Morgan fingerprint density at radius 2 is 0.756 bits per heavy atom. The number of carboxylic acid groups (broad SMARTS) is 2. The van der Waals surface area contributed by atoms with E-state index in [0.717, 1.165) is 32.1 Å². The SMILES string of the molecule is C=C(CCCCCCC=CCCCCCCCC)C(=O)O.CCCCCCCCCCCCCCCCCC(=O)O. The molecule has 0 fully saturated rings. The Labute approximate surface area is 255 Å². The Kier molecular flexibility index (Phi) is 36.9. The molecule has 0 saturated carbocycles. The lowest BCUT2D eigenvalue weighted by Crippen LogP contribution is -1.98. The van der Waals surface area contributed by atoms with Crippen molar-refractivity contribution >= 4 is 11.9 Å². The molecule has 0 radical (unpaired) electrons. The largest absolute Gasteiger partial charge is 0.481 e. The van der Waals surface area contributed by atoms with Crippen LogP contribution in [0.1, 0.15) is 200 Å². The summed E-state index contributed by atoms with van der Waals surface area (Å²) in [6.45, 7) is 8.07. The number of unbranched alkanes of at least 4 members (excludes halogenated alkanes) is 24. The van der Waals surface area contributed by atoms with Gasteiger partial charge in [0.1, 0.15) is 0 Å². The maximum Gasteiger partial charge on any atom is 0.330 e. The van der Waals surface area contributed by atoms with Gasteiger partial charge in [0, 0.05) is 12.0 Å². The third-order valence-corrected chi connectivity index (χ3v) is 7.79. The first-order valence-corrected chi connectivity index (χ1v) is 17.7. The molecule has 0 rings (SSSR count). The third-order valence-electron chi connectivity index (χ3n) is 7.79. The lowest BCUT2D eigenvalue weighted by molar-refractivity contribution is -0.137. The molecule has 0 bridgehead atoms. The predicted molar refractivity (Wildman–Crippen MR) is 179 cm³/mol. The molecule has 2 N–H and O–H groups in total. The molecule has 4 heteroatoms. The van der Waals surface area contributed by atoms with Gasteiger partial charge >= 0.3 is 11.9 Å². The van der Waals surface area contributed by atoms with Gasteiger partial charge in [0.25, 0.3) is 0 Å². The molecule has 0 aromatic heterocycles. The first-order chi connectivity index (χ1) is 20.0. The fraction of sp³-hybridized carbons (Fsp3) is 0.838. The van der Waals surface area contributed by atoms with Crippen LogP contribution in [-0.4, -0.2) is 22.2 Å². The zero-order valence-electron chi connectivity index (χ0n) is 27.6. The average Bonchev–Trinajstić information content (AvgIpc) is 2.95. The molecule has 0 aliphatic rings. The Hall–Kier alpha value is -1.58. The number of carbonyl (C=O) groups is 2. The monoisotopic (exact) mass is 579 g/mol. The van der Waals surface area contributed by atoms with Gasteiger partial charge < -0.3 is 10.2 Å². The minimum atomic E-state index is -0.854. The highest BCUT2D eigenvalue weighted by atomic mass is 16.4. The summed E-state index contributed by atoms with van der Waals surface area (Å²) < 4.78 is 0. The van der Waals surface area contributed by atoms with Gasteiger partial charge in [-0.25, -0.2) is 4.79 Å². The quantitative estimate of drug-likeness (QED) is 0.0487. The summed E-state index contributed by atoms with van der Waals surface area (Å²) in [5, 5.41) is 17.2. The van der Waals surface area contributed by atoms with Gasteiger partial charge in [-0.2, -0.15) is 0 Å². The highest BCUT2D eigenvalue weighted by molar-refractivity contribution is 5.85. The first-order valence-electron chi connectivity index (χ1n) is 17.7. The molecule has 4 nitrogen and oxygen atoms in total. The molecular weight excluding hydrogens is 508 g/mol. The maximum absolute atomic E-state index is 10.6. The van der Waals surface area contributed by atoms with E-state index in [1.165, 1.54) is 141 Å². The van der Waals surface area contributed by atoms with Crippen molar-refractivity contribution in [3.63, 3.8) is 0 Å². The van der Waals surface area contributed by atoms with Gasteiger partial charge in [-0.1, -0.05) is 167 Å². The van der Waals surface area contributed by atoms with Crippen LogP contribution >= 0.6 is 0 Å². The molecule has 242 valence electrons. The van der Waals surface area contributed by atoms with Crippen molar-refractivity contribution in [2.45, 2.75) is 200 Å². The van der Waals surface area contributed by atoms with E-state index in [0.29, 0.717) is 18.4 Å². The van der Waals surface area contributed by atoms with Gasteiger partial charge in [0.2, 0.25) is 0 Å². The highest BCUT2D eigenvalue weighted by Gasteiger charge is 2.02. The summed E-state index contributed by atoms with van der Waals surface area (Å²) in [4.78, 5) is 20.9. The molecule has 0 saturated heterocycles. The summed E-state index contributed by atoms with van der Waals surface area (Å²) in [5.74, 6) is -1.51. The van der Waals surface area contributed by atoms with Crippen molar-refractivity contribution in [1.82, 2.24) is 0 Å². The number of hydrogen-bond donors (Lipinski definition) is 2. The molecular formula is C37H70O4. The van der Waals surface area contributed by atoms with Gasteiger partial charge in [0.15, 0.2) is 0 Å². The van der Waals surface area contributed by atoms with Crippen LogP contribution in [0.15, 0.2) is 24.3 Å². The lowest BCUT2D eigenvalue weighted by atomic mass is 10.0. The molecule has 0 aliphatic carbocycles. The Bertz CT molecular complexity index is 596. The smallest absolute Gasteiger partial charge is 0.330 e. The van der Waals surface area contributed by atoms with Crippen LogP contribution < -0.4 is 0 Å². The topological polar surface area (TPSA) is 74.6 Å². The number of carboxylic acids is 2. The van der Waals surface area contributed by atoms with Crippen LogP contribution in [0.25, 0.3) is 0 Å². The van der Waals surface area contributed by atoms with Crippen molar-refractivity contribution in [3.8, 4) is 0 Å². The van der Waals surface area contributed by atoms with E-state index >= 15 is 0 Å². The molecule has 0 spiro atoms. The van der Waals surface area contributed by atoms with Crippen LogP contribution in [0.3, 0.4) is 0 Å². The van der Waals surface area contributed by atoms with Crippen LogP contribution in [0.4, 0.5) is 0 Å². The fourth-order valence-electron chi connectivity index (χ4n) is 4.99. The van der Waals surface area contributed by atoms with E-state index in [2.05, 4.69) is 32.6 Å². The maximum atomic E-state index is 10.6. The van der Waals surface area contributed by atoms with E-state index in [1.54, 1.807) is 0 Å². The second-order valence-corrected chi connectivity index (χ2v) is 12.0. The Morgan fingerprint density at radius 3 is 1.07 bits per heavy atom. The Morgan fingerprint density at radius 1 is 0.463 bits per heavy atom. The van der Waals surface area contributed by atoms with Crippen LogP contribution in [-0.2, 0) is 9.59 Å². The van der Waals surface area contributed by atoms with Crippen LogP contribution in [0, 0.1) is 0 Å². The molecule has 0 unspecified atom stereocenters. The predicted octanol–water partition coefficient (Wildman–Crippen LogP) is 12.6. The third kappa shape index (κ3) is 40.6. The van der Waals surface area contributed by atoms with Crippen LogP contribution in [0.5, 0.6) is 0 Å². The Balaban J connectivity index is 0. The summed E-state index contributed by atoms with van der Waals surface area (Å²) in [7, 11) is 0. The van der Waals surface area contributed by atoms with Crippen molar-refractivity contribution in [1.29, 1.82) is 0 Å². The van der Waals surface area contributed by atoms with E-state index in [9.17, 15) is 9.59 Å². The molecule has 41 heavy (non-hydrogen) atoms. The van der Waals surface area contributed by atoms with Crippen LogP contribution in [0.2, 0.25) is 0 Å². The minimum Gasteiger partial charge on any atom is -0.481 e. The van der Waals surface area contributed by atoms with Crippen molar-refractivity contribution in [2.24, 2.45) is 0 Å². The normalized spacial score (nSPS) is 11.0. The second kappa shape index (κ2) is 36.4. The van der Waals surface area contributed by atoms with Gasteiger partial charge in [0.05, 0.1) is 0 Å². The second-order valence-electron chi connectivity index (χ2n) is 12.0. The lowest BCUT2D eigenvalue weighted by Gasteiger charge is -2.03. The number of rotatable bonds is 31. The molecule has 0 aliphatic heterocycles. The van der Waals surface area contributed by atoms with Crippen molar-refractivity contribution in [3.05, 3.63) is 24.3 Å². The van der Waals surface area contributed by atoms with Crippen molar-refractivity contribution in [2.75, 3.05) is 0 Å². The summed E-state index contributed by atoms with van der Waals surface area (Å²) in [5.41, 5.74) is 0.342. The summed E-state index contributed by atoms with van der Waals surface area (Å²) >= 11 is 0. The molecule has 0 heterocycles. The molecule has 0 aromatic carbocycles. The molecule has 0 aromatic rings. The number of allylic oxidation sites excluding steroid dienone is 2. The fourth-order valence-corrected chi connectivity index (χ4v) is 4.99. The average molecular weight is 579 g/mol. The van der Waals surface area contributed by atoms with E-state index in [-0.39, 0.29) is 0 Å². The minimum absolute atomic E-state index is 0.342. The van der Waals surface area contributed by atoms with Crippen molar-refractivity contribution < 1.29 is 19.8 Å². The van der Waals surface area contributed by atoms with Gasteiger partial charge in [-0.15, -0.1) is 0 Å². The van der Waals surface area contributed by atoms with Gasteiger partial charge in [-0.3, -0.25) is 4.79 Å². The number of aliphatic carboxylic acids is 2. The highest BCUT2D eigenvalue weighted by Crippen LogP contribution is 2.14. The van der Waals surface area contributed by atoms with E-state index < -0.39 is 11.9 Å². The summed E-state index contributed by atoms with van der Waals surface area (Å²) in [6.07, 6.45) is 40.5. The van der Waals surface area contributed by atoms with Gasteiger partial charge in [-0.05, 0) is 44.9 Å². The zero-order chi connectivity index (χ0) is 30.7. The summed E-state index contributed by atoms with van der Waals surface area (Å²) in [6, 6.07) is 0. The van der Waals surface area contributed by atoms with E-state index in [4.69, 9.17) is 10.2 Å². The standard InChI is InChI=1S/C19H34O2.C18H36O2/c1-3-4-5-6-7-8-9-10-11-12-13-14-15-16-17-18(2)19(20)21;1-2-3-4-5-6-7-8-9-10-11-12-13-14-15-16-17-18(19)20/h10-11H,2-9,12-17H2,1H3,(H,20,21);2-17H2,1H3,(H,19,20).